The van der Waals surface area contributed by atoms with Crippen LogP contribution in [0.1, 0.15) is 18.9 Å². The van der Waals surface area contributed by atoms with Gasteiger partial charge in [0, 0.05) is 18.8 Å². The predicted octanol–water partition coefficient (Wildman–Crippen LogP) is 1.97. The van der Waals surface area contributed by atoms with E-state index in [4.69, 9.17) is 0 Å². The van der Waals surface area contributed by atoms with Gasteiger partial charge in [-0.15, -0.1) is 0 Å². The molecule has 6 heteroatoms. The van der Waals surface area contributed by atoms with Crippen LogP contribution in [0.4, 0.5) is 10.5 Å². The van der Waals surface area contributed by atoms with Gasteiger partial charge in [-0.1, -0.05) is 12.1 Å². The van der Waals surface area contributed by atoms with Gasteiger partial charge in [0.1, 0.15) is 0 Å². The predicted molar refractivity (Wildman–Crippen MR) is 84.4 cm³/mol. The molecule has 1 aliphatic heterocycles. The summed E-state index contributed by atoms with van der Waals surface area (Å²) in [6, 6.07) is 7.59. The van der Waals surface area contributed by atoms with E-state index in [1.54, 1.807) is 4.90 Å². The Hall–Kier alpha value is -1.56. The molecule has 1 fully saturated rings. The second-order valence-electron chi connectivity index (χ2n) is 5.54. The smallest absolute Gasteiger partial charge is 0.321 e. The van der Waals surface area contributed by atoms with Crippen molar-refractivity contribution in [3.63, 3.8) is 0 Å². The molecule has 1 heterocycles. The molecule has 1 aliphatic rings. The third-order valence-electron chi connectivity index (χ3n) is 3.74. The van der Waals surface area contributed by atoms with E-state index in [1.165, 1.54) is 0 Å². The lowest BCUT2D eigenvalue weighted by Crippen LogP contribution is -2.42. The van der Waals surface area contributed by atoms with Crippen LogP contribution in [-0.4, -0.2) is 39.0 Å². The molecule has 1 N–H and O–H groups in total. The maximum atomic E-state index is 12.3. The Morgan fingerprint density at radius 3 is 2.76 bits per heavy atom. The van der Waals surface area contributed by atoms with Gasteiger partial charge in [0.2, 0.25) is 0 Å². The molecule has 0 spiro atoms. The monoisotopic (exact) mass is 310 g/mol. The number of aryl methyl sites for hydroxylation is 1. The number of amides is 2. The summed E-state index contributed by atoms with van der Waals surface area (Å²) in [7, 11) is -2.89. The fourth-order valence-electron chi connectivity index (χ4n) is 2.60. The number of benzene rings is 1. The largest absolute Gasteiger partial charge is 0.337 e. The van der Waals surface area contributed by atoms with E-state index in [0.717, 1.165) is 11.3 Å². The van der Waals surface area contributed by atoms with Crippen LogP contribution in [-0.2, 0) is 9.84 Å². The van der Waals surface area contributed by atoms with Crippen molar-refractivity contribution in [2.45, 2.75) is 20.3 Å². The van der Waals surface area contributed by atoms with E-state index in [2.05, 4.69) is 5.32 Å². The standard InChI is InChI=1S/C15H22N2O3S/c1-3-17(14-6-4-5-12(2)9-14)15(18)16-10-13-7-8-21(19,20)11-13/h4-6,9,13H,3,7-8,10-11H2,1-2H3,(H,16,18). The van der Waals surface area contributed by atoms with Crippen LogP contribution >= 0.6 is 0 Å². The number of hydrogen-bond acceptors (Lipinski definition) is 3. The molecule has 0 aromatic heterocycles. The highest BCUT2D eigenvalue weighted by Crippen LogP contribution is 2.18. The molecule has 1 atom stereocenters. The zero-order chi connectivity index (χ0) is 15.5. The highest BCUT2D eigenvalue weighted by atomic mass is 32.2. The zero-order valence-corrected chi connectivity index (χ0v) is 13.3. The van der Waals surface area contributed by atoms with Crippen molar-refractivity contribution >= 4 is 21.6 Å². The molecule has 116 valence electrons. The Morgan fingerprint density at radius 2 is 2.19 bits per heavy atom. The first-order valence-corrected chi connectivity index (χ1v) is 9.06. The fourth-order valence-corrected chi connectivity index (χ4v) is 4.46. The van der Waals surface area contributed by atoms with Crippen LogP contribution in [0, 0.1) is 12.8 Å². The molecule has 2 amide bonds. The molecule has 1 aromatic carbocycles. The number of sulfone groups is 1. The van der Waals surface area contributed by atoms with Crippen LogP contribution in [0.3, 0.4) is 0 Å². The molecular weight excluding hydrogens is 288 g/mol. The van der Waals surface area contributed by atoms with Gasteiger partial charge in [-0.25, -0.2) is 13.2 Å². The number of nitrogens with zero attached hydrogens (tertiary/aromatic N) is 1. The highest BCUT2D eigenvalue weighted by Gasteiger charge is 2.28. The second kappa shape index (κ2) is 6.47. The Morgan fingerprint density at radius 1 is 1.43 bits per heavy atom. The Balaban J connectivity index is 1.95. The molecule has 21 heavy (non-hydrogen) atoms. The molecule has 2 rings (SSSR count). The first-order chi connectivity index (χ1) is 9.91. The maximum absolute atomic E-state index is 12.3. The van der Waals surface area contributed by atoms with Crippen LogP contribution in [0.15, 0.2) is 24.3 Å². The number of nitrogens with one attached hydrogen (secondary N) is 1. The zero-order valence-electron chi connectivity index (χ0n) is 12.5. The summed E-state index contributed by atoms with van der Waals surface area (Å²) in [6.07, 6.45) is 0.638. The van der Waals surface area contributed by atoms with Gasteiger partial charge < -0.3 is 5.32 Å². The summed E-state index contributed by atoms with van der Waals surface area (Å²) in [4.78, 5) is 13.9. The van der Waals surface area contributed by atoms with Crippen molar-refractivity contribution in [3.8, 4) is 0 Å². The lowest BCUT2D eigenvalue weighted by Gasteiger charge is -2.22. The molecule has 1 aromatic rings. The lowest BCUT2D eigenvalue weighted by atomic mass is 10.1. The Kier molecular flexibility index (Phi) is 4.88. The lowest BCUT2D eigenvalue weighted by molar-refractivity contribution is 0.245. The number of carbonyl (C=O) groups excluding carboxylic acids is 1. The van der Waals surface area contributed by atoms with E-state index in [9.17, 15) is 13.2 Å². The minimum absolute atomic E-state index is 0.0372. The Labute approximate surface area is 126 Å². The van der Waals surface area contributed by atoms with Gasteiger partial charge in [0.05, 0.1) is 11.5 Å². The molecule has 0 aliphatic carbocycles. The molecule has 0 bridgehead atoms. The number of urea groups is 1. The third-order valence-corrected chi connectivity index (χ3v) is 5.58. The van der Waals surface area contributed by atoms with Gasteiger partial charge in [0.25, 0.3) is 0 Å². The SMILES string of the molecule is CCN(C(=O)NCC1CCS(=O)(=O)C1)c1cccc(C)c1. The summed E-state index contributed by atoms with van der Waals surface area (Å²) in [5, 5.41) is 2.85. The first-order valence-electron chi connectivity index (χ1n) is 7.24. The summed E-state index contributed by atoms with van der Waals surface area (Å²) in [6.45, 7) is 4.89. The maximum Gasteiger partial charge on any atom is 0.321 e. The first kappa shape index (κ1) is 15.8. The number of rotatable bonds is 4. The molecule has 0 saturated carbocycles. The fraction of sp³-hybridized carbons (Fsp3) is 0.533. The van der Waals surface area contributed by atoms with Crippen molar-refractivity contribution in [1.82, 2.24) is 5.32 Å². The van der Waals surface area contributed by atoms with Gasteiger partial charge in [-0.3, -0.25) is 4.90 Å². The van der Waals surface area contributed by atoms with Gasteiger partial charge in [-0.05, 0) is 43.9 Å². The van der Waals surface area contributed by atoms with Gasteiger partial charge >= 0.3 is 6.03 Å². The van der Waals surface area contributed by atoms with Gasteiger partial charge in [-0.2, -0.15) is 0 Å². The van der Waals surface area contributed by atoms with E-state index < -0.39 is 9.84 Å². The Bertz CT molecular complexity index is 613. The molecule has 1 saturated heterocycles. The quantitative estimate of drug-likeness (QED) is 0.924. The average Bonchev–Trinajstić information content (AvgIpc) is 2.77. The third kappa shape index (κ3) is 4.20. The molecule has 5 nitrogen and oxygen atoms in total. The highest BCUT2D eigenvalue weighted by molar-refractivity contribution is 7.91. The summed E-state index contributed by atoms with van der Waals surface area (Å²) >= 11 is 0. The van der Waals surface area contributed by atoms with Crippen LogP contribution in [0.5, 0.6) is 0 Å². The summed E-state index contributed by atoms with van der Waals surface area (Å²) in [5.41, 5.74) is 1.95. The van der Waals surface area contributed by atoms with Crippen LogP contribution in [0.2, 0.25) is 0 Å². The van der Waals surface area contributed by atoms with Crippen molar-refractivity contribution in [2.24, 2.45) is 5.92 Å². The van der Waals surface area contributed by atoms with E-state index >= 15 is 0 Å². The van der Waals surface area contributed by atoms with Crippen LogP contribution in [0.25, 0.3) is 0 Å². The molecule has 1 unspecified atom stereocenters. The van der Waals surface area contributed by atoms with E-state index in [0.29, 0.717) is 19.5 Å². The van der Waals surface area contributed by atoms with Crippen molar-refractivity contribution in [3.05, 3.63) is 29.8 Å². The van der Waals surface area contributed by atoms with Gasteiger partial charge in [0.15, 0.2) is 9.84 Å². The van der Waals surface area contributed by atoms with E-state index in [-0.39, 0.29) is 23.5 Å². The van der Waals surface area contributed by atoms with E-state index in [1.807, 2.05) is 38.1 Å². The molecule has 0 radical (unpaired) electrons. The van der Waals surface area contributed by atoms with Crippen LogP contribution < -0.4 is 10.2 Å². The molecular formula is C15H22N2O3S. The topological polar surface area (TPSA) is 66.5 Å². The van der Waals surface area contributed by atoms with Crippen molar-refractivity contribution in [2.75, 3.05) is 29.5 Å². The average molecular weight is 310 g/mol. The number of carbonyl (C=O) groups is 1. The second-order valence-corrected chi connectivity index (χ2v) is 7.77. The number of anilines is 1. The van der Waals surface area contributed by atoms with Crippen molar-refractivity contribution < 1.29 is 13.2 Å². The normalized spacial score (nSPS) is 20.2. The minimum atomic E-state index is -2.89. The summed E-state index contributed by atoms with van der Waals surface area (Å²) in [5.74, 6) is 0.461. The minimum Gasteiger partial charge on any atom is -0.337 e. The summed E-state index contributed by atoms with van der Waals surface area (Å²) < 4.78 is 22.8. The number of hydrogen-bond donors (Lipinski definition) is 1. The van der Waals surface area contributed by atoms with Crippen molar-refractivity contribution in [1.29, 1.82) is 0 Å².